The monoisotopic (exact) mass is 508 g/mol. The lowest BCUT2D eigenvalue weighted by atomic mass is 10.1. The Morgan fingerprint density at radius 3 is 2.47 bits per heavy atom. The van der Waals surface area contributed by atoms with Crippen LogP contribution in [0.25, 0.3) is 10.8 Å². The molecule has 1 saturated heterocycles. The van der Waals surface area contributed by atoms with Gasteiger partial charge in [0.1, 0.15) is 6.29 Å². The van der Waals surface area contributed by atoms with Crippen molar-refractivity contribution in [3.8, 4) is 0 Å². The van der Waals surface area contributed by atoms with E-state index in [-0.39, 0.29) is 10.9 Å². The Bertz CT molecular complexity index is 1390. The summed E-state index contributed by atoms with van der Waals surface area (Å²) >= 11 is 0. The van der Waals surface area contributed by atoms with E-state index in [1.54, 1.807) is 6.07 Å². The Labute approximate surface area is 209 Å². The van der Waals surface area contributed by atoms with E-state index in [9.17, 15) is 18.0 Å². The minimum atomic E-state index is -3.78. The third-order valence-electron chi connectivity index (χ3n) is 5.77. The molecule has 0 bridgehead atoms. The number of fused-ring (bicyclic) bond motifs is 1. The molecule has 3 atom stereocenters. The van der Waals surface area contributed by atoms with Gasteiger partial charge in [0.05, 0.1) is 10.6 Å². The lowest BCUT2D eigenvalue weighted by Gasteiger charge is -2.30. The first kappa shape index (κ1) is 25.6. The molecule has 1 aliphatic heterocycles. The number of hydrogen-bond acceptors (Lipinski definition) is 8. The Balaban J connectivity index is 1.45. The normalized spacial score (nSPS) is 19.3. The first-order valence-corrected chi connectivity index (χ1v) is 13.0. The van der Waals surface area contributed by atoms with Crippen LogP contribution in [0.5, 0.6) is 0 Å². The van der Waals surface area contributed by atoms with Gasteiger partial charge in [-0.1, -0.05) is 36.4 Å². The molecule has 3 aromatic rings. The number of Topliss-reactive ketones (excluding diaryl/α,β-unsaturated/α-hetero) is 1. The summed E-state index contributed by atoms with van der Waals surface area (Å²) in [5, 5.41) is 18.7. The first-order chi connectivity index (χ1) is 17.2. The van der Waals surface area contributed by atoms with Crippen molar-refractivity contribution < 1.29 is 18.0 Å². The number of carbonyl (C=O) groups is 2. The van der Waals surface area contributed by atoms with Gasteiger partial charge in [0.15, 0.2) is 5.78 Å². The first-order valence-electron chi connectivity index (χ1n) is 11.5. The van der Waals surface area contributed by atoms with E-state index in [4.69, 9.17) is 0 Å². The molecule has 1 fully saturated rings. The minimum absolute atomic E-state index is 0.0556. The van der Waals surface area contributed by atoms with E-state index in [0.29, 0.717) is 17.9 Å². The van der Waals surface area contributed by atoms with Crippen molar-refractivity contribution in [3.63, 3.8) is 0 Å². The second kappa shape index (κ2) is 11.0. The summed E-state index contributed by atoms with van der Waals surface area (Å²) in [7, 11) is -3.78. The zero-order chi connectivity index (χ0) is 25.7. The lowest BCUT2D eigenvalue weighted by Crippen LogP contribution is -2.61. The summed E-state index contributed by atoms with van der Waals surface area (Å²) in [4.78, 5) is 25.0. The molecule has 1 aliphatic rings. The van der Waals surface area contributed by atoms with Crippen molar-refractivity contribution in [1.29, 1.82) is 0 Å². The van der Waals surface area contributed by atoms with E-state index >= 15 is 0 Å². The average Bonchev–Trinajstić information content (AvgIpc) is 2.84. The summed E-state index contributed by atoms with van der Waals surface area (Å²) in [6.45, 7) is 3.95. The number of sulfonamides is 1. The number of amides is 1. The van der Waals surface area contributed by atoms with Crippen molar-refractivity contribution in [1.82, 2.24) is 15.4 Å². The number of nitrogens with one attached hydrogen (secondary N) is 4. The molecule has 1 amide bonds. The fourth-order valence-corrected chi connectivity index (χ4v) is 4.93. The van der Waals surface area contributed by atoms with Gasteiger partial charge in [-0.15, -0.1) is 0 Å². The summed E-state index contributed by atoms with van der Waals surface area (Å²) in [6.07, 6.45) is 0.341. The summed E-state index contributed by atoms with van der Waals surface area (Å²) in [5.74, 6) is -1.07. The van der Waals surface area contributed by atoms with Gasteiger partial charge in [-0.05, 0) is 62.5 Å². The van der Waals surface area contributed by atoms with Crippen LogP contribution >= 0.6 is 0 Å². The SMILES string of the molecule is CC(=O)[C@H](N=Nc1ccc(S(=O)(=O)N[C@H]2NCC[C@H](C)N2)cc1)C(=O)Nc1cccc2ccccc12. The number of hydrogen-bond donors (Lipinski definition) is 4. The van der Waals surface area contributed by atoms with Crippen LogP contribution in [0, 0.1) is 0 Å². The molecule has 3 aromatic carbocycles. The molecular formula is C25H28N6O4S. The molecule has 0 saturated carbocycles. The molecule has 11 heteroatoms. The van der Waals surface area contributed by atoms with Gasteiger partial charge in [0.25, 0.3) is 5.91 Å². The second-order valence-electron chi connectivity index (χ2n) is 8.60. The summed E-state index contributed by atoms with van der Waals surface area (Å²) in [6, 6.07) is 17.6. The molecule has 0 aliphatic carbocycles. The lowest BCUT2D eigenvalue weighted by molar-refractivity contribution is -0.126. The maximum Gasteiger partial charge on any atom is 0.258 e. The highest BCUT2D eigenvalue weighted by atomic mass is 32.2. The van der Waals surface area contributed by atoms with Crippen LogP contribution < -0.4 is 20.7 Å². The average molecular weight is 509 g/mol. The zero-order valence-electron chi connectivity index (χ0n) is 19.9. The maximum absolute atomic E-state index is 12.8. The van der Waals surface area contributed by atoms with Crippen LogP contribution in [0.1, 0.15) is 20.3 Å². The van der Waals surface area contributed by atoms with Crippen molar-refractivity contribution in [2.75, 3.05) is 11.9 Å². The summed E-state index contributed by atoms with van der Waals surface area (Å²) in [5.41, 5.74) is 0.874. The maximum atomic E-state index is 12.8. The number of rotatable bonds is 8. The van der Waals surface area contributed by atoms with Gasteiger partial charge in [-0.25, -0.2) is 8.42 Å². The van der Waals surface area contributed by atoms with Gasteiger partial charge in [0.2, 0.25) is 16.1 Å². The molecule has 0 aromatic heterocycles. The van der Waals surface area contributed by atoms with Crippen LogP contribution in [-0.2, 0) is 19.6 Å². The Hall–Kier alpha value is -3.51. The van der Waals surface area contributed by atoms with Crippen LogP contribution in [0.4, 0.5) is 11.4 Å². The largest absolute Gasteiger partial charge is 0.323 e. The Morgan fingerprint density at radius 2 is 1.75 bits per heavy atom. The number of carbonyl (C=O) groups excluding carboxylic acids is 2. The van der Waals surface area contributed by atoms with Crippen molar-refractivity contribution in [3.05, 3.63) is 66.7 Å². The predicted molar refractivity (Wildman–Crippen MR) is 137 cm³/mol. The van der Waals surface area contributed by atoms with Gasteiger partial charge in [-0.3, -0.25) is 20.2 Å². The molecule has 0 unspecified atom stereocenters. The quantitative estimate of drug-likeness (QED) is 0.272. The molecule has 0 radical (unpaired) electrons. The van der Waals surface area contributed by atoms with Crippen molar-refractivity contribution >= 4 is 43.9 Å². The molecule has 4 rings (SSSR count). The van der Waals surface area contributed by atoms with E-state index in [1.165, 1.54) is 31.2 Å². The fourth-order valence-electron chi connectivity index (χ4n) is 3.84. The number of anilines is 1. The highest BCUT2D eigenvalue weighted by Crippen LogP contribution is 2.24. The van der Waals surface area contributed by atoms with E-state index in [2.05, 4.69) is 30.9 Å². The van der Waals surface area contributed by atoms with Gasteiger partial charge in [-0.2, -0.15) is 15.0 Å². The third-order valence-corrected chi connectivity index (χ3v) is 7.21. The number of azo groups is 1. The zero-order valence-corrected chi connectivity index (χ0v) is 20.7. The number of benzene rings is 3. The van der Waals surface area contributed by atoms with E-state index in [1.807, 2.05) is 43.3 Å². The van der Waals surface area contributed by atoms with Gasteiger partial charge >= 0.3 is 0 Å². The number of nitrogens with zero attached hydrogens (tertiary/aromatic N) is 2. The molecule has 10 nitrogen and oxygen atoms in total. The van der Waals surface area contributed by atoms with Crippen LogP contribution in [0.2, 0.25) is 0 Å². The molecule has 4 N–H and O–H groups in total. The Kier molecular flexibility index (Phi) is 7.85. The predicted octanol–water partition coefficient (Wildman–Crippen LogP) is 3.05. The topological polar surface area (TPSA) is 141 Å². The van der Waals surface area contributed by atoms with Crippen molar-refractivity contribution in [2.45, 2.75) is 43.5 Å². The van der Waals surface area contributed by atoms with Gasteiger partial charge in [0, 0.05) is 17.1 Å². The highest BCUT2D eigenvalue weighted by molar-refractivity contribution is 7.89. The standard InChI is InChI=1S/C25H28N6O4S/c1-16-14-15-26-25(27-16)31-36(34,35)20-12-10-19(11-13-20)29-30-23(17(2)32)24(33)28-22-9-5-7-18-6-3-4-8-21(18)22/h3-13,16,23,25-27,31H,14-15H2,1-2H3,(H,28,33)/t16-,23-,25-/m0/s1. The smallest absolute Gasteiger partial charge is 0.258 e. The van der Waals surface area contributed by atoms with Crippen molar-refractivity contribution in [2.24, 2.45) is 10.2 Å². The molecule has 36 heavy (non-hydrogen) atoms. The molecule has 0 spiro atoms. The van der Waals surface area contributed by atoms with Crippen LogP contribution in [0.15, 0.2) is 81.9 Å². The molecule has 1 heterocycles. The van der Waals surface area contributed by atoms with Gasteiger partial charge < -0.3 is 5.32 Å². The molecular weight excluding hydrogens is 480 g/mol. The second-order valence-corrected chi connectivity index (χ2v) is 10.3. The Morgan fingerprint density at radius 1 is 1.03 bits per heavy atom. The van der Waals surface area contributed by atoms with Crippen LogP contribution in [0.3, 0.4) is 0 Å². The number of ketones is 1. The van der Waals surface area contributed by atoms with E-state index < -0.39 is 34.0 Å². The highest BCUT2D eigenvalue weighted by Gasteiger charge is 2.25. The molecule has 188 valence electrons. The van der Waals surface area contributed by atoms with E-state index in [0.717, 1.165) is 17.2 Å². The summed E-state index contributed by atoms with van der Waals surface area (Å²) < 4.78 is 27.9. The third kappa shape index (κ3) is 6.18. The van der Waals surface area contributed by atoms with Crippen LogP contribution in [-0.4, -0.2) is 45.0 Å². The minimum Gasteiger partial charge on any atom is -0.323 e. The fraction of sp³-hybridized carbons (Fsp3) is 0.280.